The number of amides is 1. The van der Waals surface area contributed by atoms with E-state index >= 15 is 0 Å². The third-order valence-electron chi connectivity index (χ3n) is 3.10. The van der Waals surface area contributed by atoms with Crippen LogP contribution in [0.2, 0.25) is 0 Å². The van der Waals surface area contributed by atoms with E-state index < -0.39 is 0 Å². The van der Waals surface area contributed by atoms with E-state index in [9.17, 15) is 4.79 Å². The number of nitrogens with two attached hydrogens (primary N) is 1. The number of aromatic nitrogens is 3. The fourth-order valence-electron chi connectivity index (χ4n) is 1.92. The number of carbonyl (C=O) groups is 1. The molecule has 0 saturated heterocycles. The number of nitrogens with one attached hydrogen (secondary N) is 1. The number of carbonyl (C=O) groups excluding carboxylic acids is 1. The van der Waals surface area contributed by atoms with Gasteiger partial charge in [0.2, 0.25) is 0 Å². The van der Waals surface area contributed by atoms with Crippen molar-refractivity contribution in [3.63, 3.8) is 0 Å². The Kier molecular flexibility index (Phi) is 4.84. The van der Waals surface area contributed by atoms with Gasteiger partial charge in [-0.25, -0.2) is 0 Å². The lowest BCUT2D eigenvalue weighted by molar-refractivity contribution is 0.0950. The molecule has 0 atom stereocenters. The molecule has 2 heterocycles. The van der Waals surface area contributed by atoms with Gasteiger partial charge in [0.15, 0.2) is 0 Å². The summed E-state index contributed by atoms with van der Waals surface area (Å²) in [6, 6.07) is 3.77. The van der Waals surface area contributed by atoms with Crippen LogP contribution in [0.3, 0.4) is 0 Å². The summed E-state index contributed by atoms with van der Waals surface area (Å²) < 4.78 is 1.81. The Morgan fingerprint density at radius 1 is 1.45 bits per heavy atom. The Labute approximate surface area is 118 Å². The van der Waals surface area contributed by atoms with Gasteiger partial charge in [-0.3, -0.25) is 14.5 Å². The molecular weight excluding hydrogens is 254 g/mol. The second-order valence-electron chi connectivity index (χ2n) is 4.55. The van der Waals surface area contributed by atoms with Crippen molar-refractivity contribution in [1.82, 2.24) is 20.1 Å². The Morgan fingerprint density at radius 2 is 2.30 bits per heavy atom. The standard InChI is InChI=1S/C14H19N5O/c1-11-13(10-18-19(11)7-3-5-15)14(20)17-9-12-4-2-6-16-8-12/h2,4,6,8,10H,3,5,7,9,15H2,1H3,(H,17,20). The van der Waals surface area contributed by atoms with Gasteiger partial charge in [-0.2, -0.15) is 5.10 Å². The molecule has 106 valence electrons. The molecular formula is C14H19N5O. The molecule has 1 amide bonds. The van der Waals surface area contributed by atoms with Gasteiger partial charge < -0.3 is 11.1 Å². The number of pyridine rings is 1. The molecule has 0 fully saturated rings. The van der Waals surface area contributed by atoms with Gasteiger partial charge >= 0.3 is 0 Å². The van der Waals surface area contributed by atoms with Crippen molar-refractivity contribution in [2.75, 3.05) is 6.54 Å². The fraction of sp³-hybridized carbons (Fsp3) is 0.357. The monoisotopic (exact) mass is 273 g/mol. The van der Waals surface area contributed by atoms with Crippen molar-refractivity contribution in [1.29, 1.82) is 0 Å². The van der Waals surface area contributed by atoms with E-state index in [2.05, 4.69) is 15.4 Å². The Hall–Kier alpha value is -2.21. The van der Waals surface area contributed by atoms with Crippen LogP contribution in [0, 0.1) is 6.92 Å². The summed E-state index contributed by atoms with van der Waals surface area (Å²) in [5.41, 5.74) is 7.91. The Bertz CT molecular complexity index is 564. The SMILES string of the molecule is Cc1c(C(=O)NCc2cccnc2)cnn1CCCN. The molecule has 0 bridgehead atoms. The number of hydrogen-bond acceptors (Lipinski definition) is 4. The highest BCUT2D eigenvalue weighted by Crippen LogP contribution is 2.08. The summed E-state index contributed by atoms with van der Waals surface area (Å²) in [6.07, 6.45) is 5.89. The van der Waals surface area contributed by atoms with Crippen LogP contribution in [0.15, 0.2) is 30.7 Å². The first-order valence-electron chi connectivity index (χ1n) is 6.62. The first-order chi connectivity index (χ1) is 9.72. The minimum Gasteiger partial charge on any atom is -0.348 e. The van der Waals surface area contributed by atoms with E-state index in [1.807, 2.05) is 23.7 Å². The third kappa shape index (κ3) is 3.42. The lowest BCUT2D eigenvalue weighted by Gasteiger charge is -2.06. The Morgan fingerprint density at radius 3 is 3.00 bits per heavy atom. The maximum atomic E-state index is 12.1. The minimum atomic E-state index is -0.120. The summed E-state index contributed by atoms with van der Waals surface area (Å²) in [5, 5.41) is 7.09. The average Bonchev–Trinajstić information content (AvgIpc) is 2.85. The first kappa shape index (κ1) is 14.2. The number of hydrogen-bond donors (Lipinski definition) is 2. The van der Waals surface area contributed by atoms with E-state index in [0.717, 1.165) is 24.2 Å². The highest BCUT2D eigenvalue weighted by atomic mass is 16.1. The first-order valence-corrected chi connectivity index (χ1v) is 6.62. The van der Waals surface area contributed by atoms with Crippen LogP contribution >= 0.6 is 0 Å². The smallest absolute Gasteiger partial charge is 0.255 e. The van der Waals surface area contributed by atoms with E-state index in [0.29, 0.717) is 18.7 Å². The zero-order valence-electron chi connectivity index (χ0n) is 11.5. The molecule has 0 unspecified atom stereocenters. The van der Waals surface area contributed by atoms with Crippen LogP contribution in [0.4, 0.5) is 0 Å². The lowest BCUT2D eigenvalue weighted by atomic mass is 10.2. The normalized spacial score (nSPS) is 10.5. The zero-order valence-corrected chi connectivity index (χ0v) is 11.5. The van der Waals surface area contributed by atoms with Crippen LogP contribution < -0.4 is 11.1 Å². The van der Waals surface area contributed by atoms with E-state index in [-0.39, 0.29) is 5.91 Å². The van der Waals surface area contributed by atoms with Crippen molar-refractivity contribution >= 4 is 5.91 Å². The second kappa shape index (κ2) is 6.81. The molecule has 2 aromatic heterocycles. The van der Waals surface area contributed by atoms with Crippen molar-refractivity contribution in [2.24, 2.45) is 5.73 Å². The van der Waals surface area contributed by atoms with Crippen molar-refractivity contribution in [3.05, 3.63) is 47.5 Å². The molecule has 0 aliphatic carbocycles. The fourth-order valence-corrected chi connectivity index (χ4v) is 1.92. The molecule has 0 aromatic carbocycles. The van der Waals surface area contributed by atoms with Crippen LogP contribution in [0.1, 0.15) is 28.0 Å². The van der Waals surface area contributed by atoms with E-state index in [1.54, 1.807) is 18.6 Å². The second-order valence-corrected chi connectivity index (χ2v) is 4.55. The number of aryl methyl sites for hydroxylation is 1. The van der Waals surface area contributed by atoms with E-state index in [1.165, 1.54) is 0 Å². The summed E-state index contributed by atoms with van der Waals surface area (Å²) in [5.74, 6) is -0.120. The largest absolute Gasteiger partial charge is 0.348 e. The number of nitrogens with zero attached hydrogens (tertiary/aromatic N) is 3. The maximum absolute atomic E-state index is 12.1. The molecule has 20 heavy (non-hydrogen) atoms. The summed E-state index contributed by atoms with van der Waals surface area (Å²) in [6.45, 7) is 3.70. The van der Waals surface area contributed by atoms with Gasteiger partial charge in [-0.1, -0.05) is 6.07 Å². The molecule has 0 radical (unpaired) electrons. The zero-order chi connectivity index (χ0) is 14.4. The van der Waals surface area contributed by atoms with Gasteiger partial charge in [0.1, 0.15) is 0 Å². The molecule has 2 rings (SSSR count). The van der Waals surface area contributed by atoms with Gasteiger partial charge in [0.05, 0.1) is 11.8 Å². The highest BCUT2D eigenvalue weighted by molar-refractivity contribution is 5.94. The lowest BCUT2D eigenvalue weighted by Crippen LogP contribution is -2.23. The van der Waals surface area contributed by atoms with Gasteiger partial charge in [-0.05, 0) is 31.5 Å². The maximum Gasteiger partial charge on any atom is 0.255 e. The minimum absolute atomic E-state index is 0.120. The van der Waals surface area contributed by atoms with Gasteiger partial charge in [-0.15, -0.1) is 0 Å². The molecule has 0 spiro atoms. The van der Waals surface area contributed by atoms with Crippen LogP contribution in [-0.4, -0.2) is 27.2 Å². The molecule has 6 heteroatoms. The third-order valence-corrected chi connectivity index (χ3v) is 3.10. The predicted octanol–water partition coefficient (Wildman–Crippen LogP) is 0.865. The van der Waals surface area contributed by atoms with Crippen molar-refractivity contribution in [3.8, 4) is 0 Å². The summed E-state index contributed by atoms with van der Waals surface area (Å²) in [4.78, 5) is 16.1. The topological polar surface area (TPSA) is 85.8 Å². The molecule has 0 aliphatic heterocycles. The quantitative estimate of drug-likeness (QED) is 0.817. The Balaban J connectivity index is 1.97. The molecule has 0 saturated carbocycles. The van der Waals surface area contributed by atoms with Crippen LogP contribution in [0.25, 0.3) is 0 Å². The van der Waals surface area contributed by atoms with Gasteiger partial charge in [0.25, 0.3) is 5.91 Å². The molecule has 0 aliphatic rings. The molecule has 2 aromatic rings. The summed E-state index contributed by atoms with van der Waals surface area (Å²) in [7, 11) is 0. The van der Waals surface area contributed by atoms with Crippen LogP contribution in [0.5, 0.6) is 0 Å². The average molecular weight is 273 g/mol. The molecule has 6 nitrogen and oxygen atoms in total. The predicted molar refractivity (Wildman–Crippen MR) is 76.0 cm³/mol. The summed E-state index contributed by atoms with van der Waals surface area (Å²) >= 11 is 0. The van der Waals surface area contributed by atoms with E-state index in [4.69, 9.17) is 5.73 Å². The molecule has 3 N–H and O–H groups in total. The van der Waals surface area contributed by atoms with Crippen LogP contribution in [-0.2, 0) is 13.1 Å². The number of rotatable bonds is 6. The van der Waals surface area contributed by atoms with Gasteiger partial charge in [0, 0.05) is 31.2 Å². The van der Waals surface area contributed by atoms with Crippen molar-refractivity contribution in [2.45, 2.75) is 26.4 Å². The van der Waals surface area contributed by atoms with Crippen molar-refractivity contribution < 1.29 is 4.79 Å². The highest BCUT2D eigenvalue weighted by Gasteiger charge is 2.13.